The number of anilines is 1. The van der Waals surface area contributed by atoms with Gasteiger partial charge < -0.3 is 10.1 Å². The fourth-order valence-electron chi connectivity index (χ4n) is 2.86. The Labute approximate surface area is 178 Å². The minimum Gasteiger partial charge on any atom is -0.461 e. The molecule has 0 fully saturated rings. The third-order valence-electron chi connectivity index (χ3n) is 4.30. The van der Waals surface area contributed by atoms with Gasteiger partial charge in [0.05, 0.1) is 24.4 Å². The van der Waals surface area contributed by atoms with Crippen molar-refractivity contribution < 1.29 is 14.3 Å². The summed E-state index contributed by atoms with van der Waals surface area (Å²) in [6.07, 6.45) is 0.0420. The molecule has 0 radical (unpaired) electrons. The van der Waals surface area contributed by atoms with E-state index in [1.807, 2.05) is 19.1 Å². The lowest BCUT2D eigenvalue weighted by Gasteiger charge is -2.13. The van der Waals surface area contributed by atoms with Crippen LogP contribution in [-0.4, -0.2) is 28.3 Å². The Morgan fingerprint density at radius 3 is 2.50 bits per heavy atom. The maximum absolute atomic E-state index is 12.7. The molecular formula is C22H20ClN3O4. The van der Waals surface area contributed by atoms with E-state index in [4.69, 9.17) is 16.3 Å². The Bertz CT molecular complexity index is 1140. The zero-order chi connectivity index (χ0) is 21.7. The fraction of sp³-hybridized carbons (Fsp3) is 0.182. The van der Waals surface area contributed by atoms with Crippen LogP contribution in [0.2, 0.25) is 5.02 Å². The maximum Gasteiger partial charge on any atom is 0.360 e. The molecule has 3 aromatic rings. The zero-order valence-electron chi connectivity index (χ0n) is 16.5. The molecule has 0 atom stereocenters. The number of halogens is 1. The quantitative estimate of drug-likeness (QED) is 0.610. The predicted molar refractivity (Wildman–Crippen MR) is 114 cm³/mol. The first-order valence-corrected chi connectivity index (χ1v) is 9.68. The van der Waals surface area contributed by atoms with Crippen LogP contribution < -0.4 is 10.9 Å². The number of carbonyl (C=O) groups is 2. The average Bonchev–Trinajstić information content (AvgIpc) is 2.71. The molecule has 3 rings (SSSR count). The molecule has 0 spiro atoms. The normalized spacial score (nSPS) is 10.5. The number of hydrogen-bond donors (Lipinski definition) is 1. The molecule has 0 aliphatic rings. The number of aryl methyl sites for hydroxylation is 1. The Hall–Kier alpha value is -3.45. The van der Waals surface area contributed by atoms with Gasteiger partial charge in [0, 0.05) is 11.1 Å². The summed E-state index contributed by atoms with van der Waals surface area (Å²) < 4.78 is 6.18. The molecule has 1 aromatic heterocycles. The van der Waals surface area contributed by atoms with E-state index < -0.39 is 17.4 Å². The third kappa shape index (κ3) is 4.93. The van der Waals surface area contributed by atoms with Crippen molar-refractivity contribution in [2.45, 2.75) is 20.3 Å². The Kier molecular flexibility index (Phi) is 6.64. The number of hydrogen-bond acceptors (Lipinski definition) is 5. The predicted octanol–water partition coefficient (Wildman–Crippen LogP) is 3.55. The fourth-order valence-corrected chi connectivity index (χ4v) is 2.98. The van der Waals surface area contributed by atoms with E-state index in [0.29, 0.717) is 10.7 Å². The van der Waals surface area contributed by atoms with Crippen LogP contribution in [0.15, 0.2) is 59.4 Å². The monoisotopic (exact) mass is 425 g/mol. The van der Waals surface area contributed by atoms with Crippen LogP contribution in [0.1, 0.15) is 28.5 Å². The van der Waals surface area contributed by atoms with E-state index in [-0.39, 0.29) is 24.4 Å². The van der Waals surface area contributed by atoms with Crippen molar-refractivity contribution >= 4 is 29.2 Å². The van der Waals surface area contributed by atoms with Gasteiger partial charge in [0.1, 0.15) is 0 Å². The highest BCUT2D eigenvalue weighted by molar-refractivity contribution is 6.30. The molecule has 0 saturated carbocycles. The Balaban J connectivity index is 1.96. The van der Waals surface area contributed by atoms with Crippen LogP contribution >= 0.6 is 11.6 Å². The van der Waals surface area contributed by atoms with E-state index in [0.717, 1.165) is 15.8 Å². The molecule has 7 nitrogen and oxygen atoms in total. The van der Waals surface area contributed by atoms with E-state index in [1.165, 1.54) is 6.07 Å². The van der Waals surface area contributed by atoms with Crippen LogP contribution in [0, 0.1) is 6.92 Å². The molecule has 1 N–H and O–H groups in total. The molecular weight excluding hydrogens is 406 g/mol. The Morgan fingerprint density at radius 2 is 1.83 bits per heavy atom. The number of carbonyl (C=O) groups excluding carboxylic acids is 2. The zero-order valence-corrected chi connectivity index (χ0v) is 17.3. The summed E-state index contributed by atoms with van der Waals surface area (Å²) in [7, 11) is 0. The second kappa shape index (κ2) is 9.37. The van der Waals surface area contributed by atoms with Gasteiger partial charge in [0.2, 0.25) is 5.91 Å². The number of benzene rings is 2. The number of esters is 1. The van der Waals surface area contributed by atoms with Crippen molar-refractivity contribution in [3.05, 3.63) is 86.8 Å². The van der Waals surface area contributed by atoms with Crippen LogP contribution in [0.4, 0.5) is 5.69 Å². The molecule has 0 unspecified atom stereocenters. The summed E-state index contributed by atoms with van der Waals surface area (Å²) >= 11 is 5.86. The maximum atomic E-state index is 12.7. The van der Waals surface area contributed by atoms with E-state index in [1.54, 1.807) is 43.3 Å². The lowest BCUT2D eigenvalue weighted by molar-refractivity contribution is -0.115. The molecule has 1 amide bonds. The van der Waals surface area contributed by atoms with Crippen molar-refractivity contribution in [2.24, 2.45) is 0 Å². The summed E-state index contributed by atoms with van der Waals surface area (Å²) in [5, 5.41) is 7.35. The van der Waals surface area contributed by atoms with Gasteiger partial charge in [0.15, 0.2) is 5.69 Å². The van der Waals surface area contributed by atoms with Crippen molar-refractivity contribution in [3.8, 4) is 5.69 Å². The topological polar surface area (TPSA) is 90.3 Å². The largest absolute Gasteiger partial charge is 0.461 e. The summed E-state index contributed by atoms with van der Waals surface area (Å²) in [6.45, 7) is 3.62. The van der Waals surface area contributed by atoms with Gasteiger partial charge in [-0.2, -0.15) is 9.78 Å². The van der Waals surface area contributed by atoms with E-state index in [9.17, 15) is 14.4 Å². The molecule has 154 valence electrons. The summed E-state index contributed by atoms with van der Waals surface area (Å²) in [6, 6.07) is 15.1. The minimum atomic E-state index is -0.735. The second-order valence-corrected chi connectivity index (χ2v) is 6.95. The number of nitrogens with one attached hydrogen (secondary N) is 1. The highest BCUT2D eigenvalue weighted by Crippen LogP contribution is 2.17. The minimum absolute atomic E-state index is 0.00208. The van der Waals surface area contributed by atoms with Gasteiger partial charge in [-0.1, -0.05) is 41.9 Å². The molecule has 0 aliphatic carbocycles. The van der Waals surface area contributed by atoms with Crippen molar-refractivity contribution in [3.63, 3.8) is 0 Å². The number of aromatic nitrogens is 2. The molecule has 8 heteroatoms. The average molecular weight is 426 g/mol. The first-order valence-electron chi connectivity index (χ1n) is 9.31. The molecule has 2 aromatic carbocycles. The van der Waals surface area contributed by atoms with Crippen LogP contribution in [0.25, 0.3) is 5.69 Å². The van der Waals surface area contributed by atoms with Gasteiger partial charge in [-0.05, 0) is 43.2 Å². The smallest absolute Gasteiger partial charge is 0.360 e. The van der Waals surface area contributed by atoms with Gasteiger partial charge in [-0.3, -0.25) is 9.59 Å². The number of ether oxygens (including phenoxy) is 1. The lowest BCUT2D eigenvalue weighted by atomic mass is 10.1. The van der Waals surface area contributed by atoms with E-state index in [2.05, 4.69) is 10.4 Å². The van der Waals surface area contributed by atoms with Crippen molar-refractivity contribution in [2.75, 3.05) is 11.9 Å². The first kappa shape index (κ1) is 21.3. The van der Waals surface area contributed by atoms with Crippen molar-refractivity contribution in [1.29, 1.82) is 0 Å². The third-order valence-corrected chi connectivity index (χ3v) is 4.55. The van der Waals surface area contributed by atoms with Gasteiger partial charge >= 0.3 is 5.97 Å². The van der Waals surface area contributed by atoms with Gasteiger partial charge in [-0.15, -0.1) is 0 Å². The van der Waals surface area contributed by atoms with Crippen LogP contribution in [0.3, 0.4) is 0 Å². The van der Waals surface area contributed by atoms with Crippen molar-refractivity contribution in [1.82, 2.24) is 9.78 Å². The summed E-state index contributed by atoms with van der Waals surface area (Å²) in [5.74, 6) is -1.14. The molecule has 30 heavy (non-hydrogen) atoms. The number of amides is 1. The van der Waals surface area contributed by atoms with Gasteiger partial charge in [0.25, 0.3) is 5.56 Å². The highest BCUT2D eigenvalue weighted by atomic mass is 35.5. The highest BCUT2D eigenvalue weighted by Gasteiger charge is 2.20. The molecule has 0 bridgehead atoms. The van der Waals surface area contributed by atoms with E-state index >= 15 is 0 Å². The standard InChI is InChI=1S/C22H20ClN3O4/c1-3-30-22(29)21-17(24-19(27)12-15-8-10-16(23)11-9-15)13-20(28)26(25-21)18-7-5-4-6-14(18)2/h4-11,13H,3,12H2,1-2H3,(H,24,27). The Morgan fingerprint density at radius 1 is 1.13 bits per heavy atom. The van der Waals surface area contributed by atoms with Crippen LogP contribution in [-0.2, 0) is 16.0 Å². The van der Waals surface area contributed by atoms with Crippen LogP contribution in [0.5, 0.6) is 0 Å². The number of rotatable bonds is 6. The second-order valence-electron chi connectivity index (χ2n) is 6.52. The molecule has 0 saturated heterocycles. The number of nitrogens with zero attached hydrogens (tertiary/aromatic N) is 2. The lowest BCUT2D eigenvalue weighted by Crippen LogP contribution is -2.28. The molecule has 1 heterocycles. The first-order chi connectivity index (χ1) is 14.4. The molecule has 0 aliphatic heterocycles. The summed E-state index contributed by atoms with van der Waals surface area (Å²) in [5.41, 5.74) is 1.44. The van der Waals surface area contributed by atoms with Gasteiger partial charge in [-0.25, -0.2) is 4.79 Å². The summed E-state index contributed by atoms with van der Waals surface area (Å²) in [4.78, 5) is 37.6. The SMILES string of the molecule is CCOC(=O)c1nn(-c2ccccc2C)c(=O)cc1NC(=O)Cc1ccc(Cl)cc1. The number of para-hydroxylation sites is 1.